The van der Waals surface area contributed by atoms with Crippen LogP contribution in [-0.2, 0) is 6.54 Å². The molecule has 0 spiro atoms. The monoisotopic (exact) mass is 318 g/mol. The number of nitrogens with one attached hydrogen (secondary N) is 1. The van der Waals surface area contributed by atoms with Crippen molar-refractivity contribution in [3.8, 4) is 5.75 Å². The van der Waals surface area contributed by atoms with E-state index in [9.17, 15) is 5.11 Å². The minimum absolute atomic E-state index is 0.0848. The number of anilines is 1. The van der Waals surface area contributed by atoms with E-state index in [0.717, 1.165) is 22.2 Å². The van der Waals surface area contributed by atoms with Gasteiger partial charge in [-0.05, 0) is 42.0 Å². The van der Waals surface area contributed by atoms with E-state index in [1.54, 1.807) is 18.3 Å². The maximum atomic E-state index is 9.43. The summed E-state index contributed by atoms with van der Waals surface area (Å²) in [6, 6.07) is 12.7. The van der Waals surface area contributed by atoms with E-state index in [4.69, 9.17) is 23.2 Å². The predicted octanol–water partition coefficient (Wildman–Crippen LogP) is 4.86. The molecular formula is C16H12Cl2N2O. The number of aromatic hydroxyl groups is 1. The highest BCUT2D eigenvalue weighted by Crippen LogP contribution is 2.29. The molecule has 0 amide bonds. The van der Waals surface area contributed by atoms with Crippen molar-refractivity contribution in [2.75, 3.05) is 5.32 Å². The highest BCUT2D eigenvalue weighted by molar-refractivity contribution is 6.35. The molecule has 2 N–H and O–H groups in total. The standard InChI is InChI=1S/C16H12Cl2N2O/c17-12-4-5-14(11-2-1-7-19-16(11)12)20-9-10-3-6-15(21)13(18)8-10/h1-8,20-21H,9H2. The minimum atomic E-state index is 0.0848. The second-order valence-corrected chi connectivity index (χ2v) is 5.45. The Labute approximate surface area is 132 Å². The molecule has 21 heavy (non-hydrogen) atoms. The van der Waals surface area contributed by atoms with E-state index in [0.29, 0.717) is 16.6 Å². The molecule has 3 rings (SSSR count). The molecule has 0 aliphatic carbocycles. The Balaban J connectivity index is 1.88. The Kier molecular flexibility index (Phi) is 3.86. The lowest BCUT2D eigenvalue weighted by atomic mass is 10.1. The first kappa shape index (κ1) is 14.0. The lowest BCUT2D eigenvalue weighted by molar-refractivity contribution is 0.475. The van der Waals surface area contributed by atoms with Crippen LogP contribution >= 0.6 is 23.2 Å². The summed E-state index contributed by atoms with van der Waals surface area (Å²) in [6.45, 7) is 0.589. The summed E-state index contributed by atoms with van der Waals surface area (Å²) in [6.07, 6.45) is 1.72. The van der Waals surface area contributed by atoms with Crippen LogP contribution in [0.15, 0.2) is 48.7 Å². The van der Waals surface area contributed by atoms with Crippen LogP contribution in [0.2, 0.25) is 10.0 Å². The van der Waals surface area contributed by atoms with E-state index in [1.165, 1.54) is 0 Å². The molecule has 0 atom stereocenters. The van der Waals surface area contributed by atoms with Gasteiger partial charge in [-0.3, -0.25) is 4.98 Å². The smallest absolute Gasteiger partial charge is 0.134 e. The van der Waals surface area contributed by atoms with Gasteiger partial charge in [0.25, 0.3) is 0 Å². The first-order chi connectivity index (χ1) is 10.1. The summed E-state index contributed by atoms with van der Waals surface area (Å²) in [7, 11) is 0. The van der Waals surface area contributed by atoms with E-state index in [1.807, 2.05) is 30.3 Å². The van der Waals surface area contributed by atoms with Crippen LogP contribution in [0.4, 0.5) is 5.69 Å². The summed E-state index contributed by atoms with van der Waals surface area (Å²) in [5.41, 5.74) is 2.70. The van der Waals surface area contributed by atoms with Crippen LogP contribution in [-0.4, -0.2) is 10.1 Å². The molecule has 3 aromatic rings. The van der Waals surface area contributed by atoms with Gasteiger partial charge < -0.3 is 10.4 Å². The SMILES string of the molecule is Oc1ccc(CNc2ccc(Cl)c3ncccc23)cc1Cl. The van der Waals surface area contributed by atoms with Crippen molar-refractivity contribution in [2.45, 2.75) is 6.54 Å². The summed E-state index contributed by atoms with van der Waals surface area (Å²) >= 11 is 12.1. The quantitative estimate of drug-likeness (QED) is 0.725. The van der Waals surface area contributed by atoms with Gasteiger partial charge in [0.1, 0.15) is 5.75 Å². The lowest BCUT2D eigenvalue weighted by Gasteiger charge is -2.11. The molecule has 5 heteroatoms. The van der Waals surface area contributed by atoms with E-state index >= 15 is 0 Å². The Bertz CT molecular complexity index is 805. The zero-order valence-electron chi connectivity index (χ0n) is 11.0. The average Bonchev–Trinajstić information content (AvgIpc) is 2.50. The normalized spacial score (nSPS) is 10.8. The van der Waals surface area contributed by atoms with Crippen LogP contribution in [0.25, 0.3) is 10.9 Å². The molecule has 106 valence electrons. The molecule has 0 saturated carbocycles. The maximum Gasteiger partial charge on any atom is 0.134 e. The third kappa shape index (κ3) is 2.89. The average molecular weight is 319 g/mol. The molecule has 0 saturated heterocycles. The van der Waals surface area contributed by atoms with Crippen LogP contribution in [0, 0.1) is 0 Å². The topological polar surface area (TPSA) is 45.1 Å². The van der Waals surface area contributed by atoms with Gasteiger partial charge in [-0.15, -0.1) is 0 Å². The molecule has 0 aliphatic heterocycles. The Morgan fingerprint density at radius 1 is 1.05 bits per heavy atom. The molecule has 1 aromatic heterocycles. The molecule has 0 radical (unpaired) electrons. The first-order valence-electron chi connectivity index (χ1n) is 6.39. The molecule has 0 unspecified atom stereocenters. The number of hydrogen-bond acceptors (Lipinski definition) is 3. The van der Waals surface area contributed by atoms with Gasteiger partial charge in [-0.25, -0.2) is 0 Å². The molecule has 1 heterocycles. The number of pyridine rings is 1. The van der Waals surface area contributed by atoms with Gasteiger partial charge >= 0.3 is 0 Å². The molecule has 0 aliphatic rings. The number of nitrogens with zero attached hydrogens (tertiary/aromatic N) is 1. The zero-order chi connectivity index (χ0) is 14.8. The second kappa shape index (κ2) is 5.80. The van der Waals surface area contributed by atoms with Crippen LogP contribution < -0.4 is 5.32 Å². The van der Waals surface area contributed by atoms with Gasteiger partial charge in [-0.2, -0.15) is 0 Å². The Morgan fingerprint density at radius 3 is 2.71 bits per heavy atom. The second-order valence-electron chi connectivity index (χ2n) is 4.63. The van der Waals surface area contributed by atoms with Crippen LogP contribution in [0.3, 0.4) is 0 Å². The number of rotatable bonds is 3. The van der Waals surface area contributed by atoms with E-state index in [2.05, 4.69) is 10.3 Å². The number of fused-ring (bicyclic) bond motifs is 1. The van der Waals surface area contributed by atoms with Crippen molar-refractivity contribution < 1.29 is 5.11 Å². The largest absolute Gasteiger partial charge is 0.506 e. The number of benzene rings is 2. The molecule has 3 nitrogen and oxygen atoms in total. The fourth-order valence-corrected chi connectivity index (χ4v) is 2.57. The highest BCUT2D eigenvalue weighted by atomic mass is 35.5. The fraction of sp³-hybridized carbons (Fsp3) is 0.0625. The van der Waals surface area contributed by atoms with E-state index in [-0.39, 0.29) is 5.75 Å². The molecular weight excluding hydrogens is 307 g/mol. The van der Waals surface area contributed by atoms with Crippen molar-refractivity contribution in [3.63, 3.8) is 0 Å². The van der Waals surface area contributed by atoms with Crippen molar-refractivity contribution in [1.29, 1.82) is 0 Å². The minimum Gasteiger partial charge on any atom is -0.506 e. The van der Waals surface area contributed by atoms with E-state index < -0.39 is 0 Å². The fourth-order valence-electron chi connectivity index (χ4n) is 2.15. The molecule has 0 fully saturated rings. The van der Waals surface area contributed by atoms with Gasteiger partial charge in [0, 0.05) is 23.8 Å². The Morgan fingerprint density at radius 2 is 1.90 bits per heavy atom. The van der Waals surface area contributed by atoms with Gasteiger partial charge in [-0.1, -0.05) is 29.3 Å². The molecule has 0 bridgehead atoms. The highest BCUT2D eigenvalue weighted by Gasteiger charge is 2.06. The van der Waals surface area contributed by atoms with Gasteiger partial charge in [0.15, 0.2) is 0 Å². The number of hydrogen-bond donors (Lipinski definition) is 2. The molecule has 2 aromatic carbocycles. The lowest BCUT2D eigenvalue weighted by Crippen LogP contribution is -2.00. The number of aromatic nitrogens is 1. The van der Waals surface area contributed by atoms with Gasteiger partial charge in [0.2, 0.25) is 0 Å². The third-order valence-electron chi connectivity index (χ3n) is 3.22. The number of phenolic OH excluding ortho intramolecular Hbond substituents is 1. The van der Waals surface area contributed by atoms with Crippen LogP contribution in [0.5, 0.6) is 5.75 Å². The third-order valence-corrected chi connectivity index (χ3v) is 3.82. The number of phenols is 1. The Hall–Kier alpha value is -1.97. The summed E-state index contributed by atoms with van der Waals surface area (Å²) in [5.74, 6) is 0.0848. The first-order valence-corrected chi connectivity index (χ1v) is 7.15. The summed E-state index contributed by atoms with van der Waals surface area (Å²) < 4.78 is 0. The number of halogens is 2. The van der Waals surface area contributed by atoms with Crippen LogP contribution in [0.1, 0.15) is 5.56 Å². The maximum absolute atomic E-state index is 9.43. The predicted molar refractivity (Wildman–Crippen MR) is 87.2 cm³/mol. The summed E-state index contributed by atoms with van der Waals surface area (Å²) in [5, 5.41) is 14.7. The van der Waals surface area contributed by atoms with Crippen molar-refractivity contribution in [1.82, 2.24) is 4.98 Å². The summed E-state index contributed by atoms with van der Waals surface area (Å²) in [4.78, 5) is 4.30. The van der Waals surface area contributed by atoms with Gasteiger partial charge in [0.05, 0.1) is 15.6 Å². The van der Waals surface area contributed by atoms with Crippen molar-refractivity contribution in [2.24, 2.45) is 0 Å². The zero-order valence-corrected chi connectivity index (χ0v) is 12.5. The van der Waals surface area contributed by atoms with Crippen molar-refractivity contribution >= 4 is 39.8 Å². The van der Waals surface area contributed by atoms with Crippen molar-refractivity contribution in [3.05, 3.63) is 64.3 Å².